The van der Waals surface area contributed by atoms with Crippen LogP contribution in [0.3, 0.4) is 0 Å². The molecule has 0 unspecified atom stereocenters. The van der Waals surface area contributed by atoms with Gasteiger partial charge in [0.05, 0.1) is 0 Å². The normalized spacial score (nSPS) is 30.0. The molecule has 2 fully saturated rings. The van der Waals surface area contributed by atoms with Gasteiger partial charge in [0.1, 0.15) is 0 Å². The molecule has 0 radical (unpaired) electrons. The highest BCUT2D eigenvalue weighted by Gasteiger charge is 2.56. The largest absolute Gasteiger partial charge is 0.353 e. The number of rotatable bonds is 4. The number of methoxy groups -OCH3 is 2. The molecule has 0 spiro atoms. The SMILES string of the molecule is COC1(OC2(OC)CC2)CC1. The summed E-state index contributed by atoms with van der Waals surface area (Å²) in [5.74, 6) is -0.570. The molecule has 0 aromatic rings. The van der Waals surface area contributed by atoms with Crippen molar-refractivity contribution in [3.8, 4) is 0 Å². The third-order valence-electron chi connectivity index (χ3n) is 2.43. The Bertz CT molecular complexity index is 141. The maximum Gasteiger partial charge on any atom is 0.171 e. The average molecular weight is 158 g/mol. The first-order valence-electron chi connectivity index (χ1n) is 4.05. The van der Waals surface area contributed by atoms with Crippen LogP contribution in [0.2, 0.25) is 0 Å². The van der Waals surface area contributed by atoms with E-state index in [0.717, 1.165) is 25.7 Å². The Balaban J connectivity index is 1.89. The molecular weight excluding hydrogens is 144 g/mol. The summed E-state index contributed by atoms with van der Waals surface area (Å²) >= 11 is 0. The summed E-state index contributed by atoms with van der Waals surface area (Å²) in [6, 6.07) is 0. The summed E-state index contributed by atoms with van der Waals surface area (Å²) in [5.41, 5.74) is 0. The van der Waals surface area contributed by atoms with Crippen LogP contribution in [0.15, 0.2) is 0 Å². The second-order valence-corrected chi connectivity index (χ2v) is 3.33. The third-order valence-corrected chi connectivity index (χ3v) is 2.43. The molecule has 0 bridgehead atoms. The van der Waals surface area contributed by atoms with Gasteiger partial charge in [-0.3, -0.25) is 0 Å². The zero-order valence-corrected chi connectivity index (χ0v) is 7.05. The summed E-state index contributed by atoms with van der Waals surface area (Å²) in [6.45, 7) is 0. The molecule has 0 aromatic carbocycles. The van der Waals surface area contributed by atoms with Gasteiger partial charge in [-0.2, -0.15) is 0 Å². The van der Waals surface area contributed by atoms with Crippen molar-refractivity contribution in [2.45, 2.75) is 37.3 Å². The van der Waals surface area contributed by atoms with E-state index < -0.39 is 0 Å². The Morgan fingerprint density at radius 3 is 1.36 bits per heavy atom. The first kappa shape index (κ1) is 7.53. The van der Waals surface area contributed by atoms with E-state index in [2.05, 4.69) is 0 Å². The van der Waals surface area contributed by atoms with Gasteiger partial charge in [0.2, 0.25) is 0 Å². The minimum atomic E-state index is -0.285. The third kappa shape index (κ3) is 1.28. The second kappa shape index (κ2) is 2.19. The highest BCUT2D eigenvalue weighted by molar-refractivity contribution is 4.94. The first-order valence-corrected chi connectivity index (χ1v) is 4.05. The van der Waals surface area contributed by atoms with Crippen molar-refractivity contribution >= 4 is 0 Å². The van der Waals surface area contributed by atoms with Gasteiger partial charge < -0.3 is 14.2 Å². The molecule has 0 atom stereocenters. The van der Waals surface area contributed by atoms with E-state index in [1.54, 1.807) is 14.2 Å². The fraction of sp³-hybridized carbons (Fsp3) is 1.00. The monoisotopic (exact) mass is 158 g/mol. The Labute approximate surface area is 66.6 Å². The molecule has 2 aliphatic rings. The van der Waals surface area contributed by atoms with Crippen LogP contribution < -0.4 is 0 Å². The van der Waals surface area contributed by atoms with Crippen molar-refractivity contribution in [1.29, 1.82) is 0 Å². The van der Waals surface area contributed by atoms with Crippen LogP contribution in [0.1, 0.15) is 25.7 Å². The quantitative estimate of drug-likeness (QED) is 0.577. The zero-order chi connectivity index (χ0) is 7.95. The lowest BCUT2D eigenvalue weighted by molar-refractivity contribution is -0.263. The van der Waals surface area contributed by atoms with Crippen molar-refractivity contribution in [1.82, 2.24) is 0 Å². The van der Waals surface area contributed by atoms with Crippen LogP contribution >= 0.6 is 0 Å². The molecule has 3 nitrogen and oxygen atoms in total. The van der Waals surface area contributed by atoms with E-state index in [-0.39, 0.29) is 11.6 Å². The van der Waals surface area contributed by atoms with Gasteiger partial charge in [-0.1, -0.05) is 0 Å². The summed E-state index contributed by atoms with van der Waals surface area (Å²) in [7, 11) is 3.39. The Morgan fingerprint density at radius 2 is 1.18 bits per heavy atom. The Morgan fingerprint density at radius 1 is 0.818 bits per heavy atom. The smallest absolute Gasteiger partial charge is 0.171 e. The van der Waals surface area contributed by atoms with Crippen molar-refractivity contribution in [2.24, 2.45) is 0 Å². The molecule has 11 heavy (non-hydrogen) atoms. The van der Waals surface area contributed by atoms with Crippen molar-refractivity contribution < 1.29 is 14.2 Å². The summed E-state index contributed by atoms with van der Waals surface area (Å²) in [6.07, 6.45) is 4.03. The summed E-state index contributed by atoms with van der Waals surface area (Å²) in [5, 5.41) is 0. The lowest BCUT2D eigenvalue weighted by Crippen LogP contribution is -2.27. The van der Waals surface area contributed by atoms with E-state index in [9.17, 15) is 0 Å². The number of ether oxygens (including phenoxy) is 3. The molecule has 0 aromatic heterocycles. The molecule has 0 amide bonds. The predicted molar refractivity (Wildman–Crippen MR) is 39.0 cm³/mol. The van der Waals surface area contributed by atoms with Gasteiger partial charge in [-0.15, -0.1) is 0 Å². The molecule has 64 valence electrons. The van der Waals surface area contributed by atoms with Gasteiger partial charge in [-0.25, -0.2) is 0 Å². The molecule has 0 heterocycles. The van der Waals surface area contributed by atoms with Crippen molar-refractivity contribution in [2.75, 3.05) is 14.2 Å². The van der Waals surface area contributed by atoms with Crippen LogP contribution in [0, 0.1) is 0 Å². The van der Waals surface area contributed by atoms with Crippen LogP contribution in [-0.2, 0) is 14.2 Å². The Hall–Kier alpha value is -0.120. The average Bonchev–Trinajstić information content (AvgIpc) is 2.90. The highest BCUT2D eigenvalue weighted by atomic mass is 16.8. The second-order valence-electron chi connectivity index (χ2n) is 3.33. The lowest BCUT2D eigenvalue weighted by Gasteiger charge is -2.21. The van der Waals surface area contributed by atoms with Crippen LogP contribution in [-0.4, -0.2) is 25.8 Å². The maximum atomic E-state index is 5.70. The van der Waals surface area contributed by atoms with Gasteiger partial charge in [-0.05, 0) is 0 Å². The van der Waals surface area contributed by atoms with Gasteiger partial charge in [0.15, 0.2) is 11.6 Å². The minimum absolute atomic E-state index is 0.285. The van der Waals surface area contributed by atoms with Gasteiger partial charge in [0.25, 0.3) is 0 Å². The van der Waals surface area contributed by atoms with Gasteiger partial charge in [0, 0.05) is 39.9 Å². The van der Waals surface area contributed by atoms with Crippen molar-refractivity contribution in [3.05, 3.63) is 0 Å². The molecule has 0 aliphatic heterocycles. The molecule has 0 N–H and O–H groups in total. The van der Waals surface area contributed by atoms with Crippen LogP contribution in [0.5, 0.6) is 0 Å². The topological polar surface area (TPSA) is 27.7 Å². The summed E-state index contributed by atoms with van der Waals surface area (Å²) in [4.78, 5) is 0. The van der Waals surface area contributed by atoms with Crippen LogP contribution in [0.4, 0.5) is 0 Å². The summed E-state index contributed by atoms with van der Waals surface area (Å²) < 4.78 is 16.1. The molecular formula is C8H14O3. The van der Waals surface area contributed by atoms with E-state index in [0.29, 0.717) is 0 Å². The fourth-order valence-corrected chi connectivity index (χ4v) is 1.24. The van der Waals surface area contributed by atoms with E-state index in [4.69, 9.17) is 14.2 Å². The van der Waals surface area contributed by atoms with E-state index >= 15 is 0 Å². The Kier molecular flexibility index (Phi) is 1.50. The maximum absolute atomic E-state index is 5.70. The van der Waals surface area contributed by atoms with E-state index in [1.807, 2.05) is 0 Å². The first-order chi connectivity index (χ1) is 5.24. The number of hydrogen-bond acceptors (Lipinski definition) is 3. The van der Waals surface area contributed by atoms with E-state index in [1.165, 1.54) is 0 Å². The van der Waals surface area contributed by atoms with Gasteiger partial charge >= 0.3 is 0 Å². The minimum Gasteiger partial charge on any atom is -0.353 e. The zero-order valence-electron chi connectivity index (χ0n) is 7.05. The predicted octanol–water partition coefficient (Wildman–Crippen LogP) is 1.28. The van der Waals surface area contributed by atoms with Crippen LogP contribution in [0.25, 0.3) is 0 Å². The van der Waals surface area contributed by atoms with Crippen molar-refractivity contribution in [3.63, 3.8) is 0 Å². The lowest BCUT2D eigenvalue weighted by atomic mass is 10.6. The molecule has 3 heteroatoms. The highest BCUT2D eigenvalue weighted by Crippen LogP contribution is 2.51. The standard InChI is InChI=1S/C8H14O3/c1-9-7(3-4-7)11-8(10-2)5-6-8/h3-6H2,1-2H3. The molecule has 2 saturated carbocycles. The molecule has 0 saturated heterocycles. The number of hydrogen-bond donors (Lipinski definition) is 0. The molecule has 2 aliphatic carbocycles. The molecule has 2 rings (SSSR count). The fourth-order valence-electron chi connectivity index (χ4n) is 1.24.